The Kier molecular flexibility index (Phi) is 4.41. The van der Waals surface area contributed by atoms with Crippen molar-refractivity contribution in [2.45, 2.75) is 6.92 Å². The van der Waals surface area contributed by atoms with Gasteiger partial charge in [0.2, 0.25) is 4.96 Å². The van der Waals surface area contributed by atoms with Gasteiger partial charge in [-0.25, -0.2) is 0 Å². The topological polar surface area (TPSA) is 67.6 Å². The van der Waals surface area contributed by atoms with Gasteiger partial charge in [-0.1, -0.05) is 57.6 Å². The summed E-state index contributed by atoms with van der Waals surface area (Å²) in [4.78, 5) is 33.0. The van der Waals surface area contributed by atoms with Crippen LogP contribution >= 0.6 is 27.3 Å². The summed E-state index contributed by atoms with van der Waals surface area (Å²) in [5.41, 5.74) is 3.44. The second-order valence-corrected chi connectivity index (χ2v) is 8.82. The Bertz CT molecular complexity index is 1470. The van der Waals surface area contributed by atoms with Crippen molar-refractivity contribution in [2.24, 2.45) is 0 Å². The highest BCUT2D eigenvalue weighted by molar-refractivity contribution is 9.10. The Morgan fingerprint density at radius 1 is 1.17 bits per heavy atom. The zero-order valence-corrected chi connectivity index (χ0v) is 18.3. The summed E-state index contributed by atoms with van der Waals surface area (Å²) in [6.45, 7) is 6.08. The van der Waals surface area contributed by atoms with E-state index in [0.29, 0.717) is 27.4 Å². The standard InChI is InChI=1S/C22H15BrN4O2S/c1-3-10-26-16-9-8-13(23)11-15(16)17(20(26)28)18-21(29)27-22(30-18)24-19(25-27)14-7-5-4-6-12(14)2/h3-9,11H,1,10H2,2H3. The van der Waals surface area contributed by atoms with Crippen LogP contribution in [0.25, 0.3) is 21.9 Å². The van der Waals surface area contributed by atoms with E-state index in [1.165, 1.54) is 15.9 Å². The van der Waals surface area contributed by atoms with Crippen molar-refractivity contribution in [2.75, 3.05) is 11.4 Å². The number of benzene rings is 2. The Morgan fingerprint density at radius 2 is 1.97 bits per heavy atom. The summed E-state index contributed by atoms with van der Waals surface area (Å²) in [5, 5.41) is 4.43. The van der Waals surface area contributed by atoms with E-state index < -0.39 is 0 Å². The maximum absolute atomic E-state index is 13.2. The molecule has 8 heteroatoms. The molecule has 1 amide bonds. The summed E-state index contributed by atoms with van der Waals surface area (Å²) in [7, 11) is 0. The number of fused-ring (bicyclic) bond motifs is 2. The van der Waals surface area contributed by atoms with E-state index in [0.717, 1.165) is 26.9 Å². The molecule has 30 heavy (non-hydrogen) atoms. The van der Waals surface area contributed by atoms with Gasteiger partial charge in [-0.05, 0) is 30.7 Å². The van der Waals surface area contributed by atoms with Crippen molar-refractivity contribution >= 4 is 49.4 Å². The fraction of sp³-hybridized carbons (Fsp3) is 0.0909. The fourth-order valence-electron chi connectivity index (χ4n) is 3.66. The monoisotopic (exact) mass is 478 g/mol. The number of carbonyl (C=O) groups is 1. The molecule has 5 rings (SSSR count). The van der Waals surface area contributed by atoms with E-state index in [9.17, 15) is 9.59 Å². The number of nitrogens with zero attached hydrogens (tertiary/aromatic N) is 4. The van der Waals surface area contributed by atoms with Gasteiger partial charge >= 0.3 is 0 Å². The summed E-state index contributed by atoms with van der Waals surface area (Å²) in [6.07, 6.45) is 1.67. The lowest BCUT2D eigenvalue weighted by Gasteiger charge is -2.14. The lowest BCUT2D eigenvalue weighted by atomic mass is 10.1. The maximum atomic E-state index is 13.2. The molecule has 1 aliphatic heterocycles. The molecule has 0 N–H and O–H groups in total. The van der Waals surface area contributed by atoms with Crippen molar-refractivity contribution in [3.05, 3.63) is 85.6 Å². The molecule has 0 spiro atoms. The van der Waals surface area contributed by atoms with E-state index in [4.69, 9.17) is 0 Å². The van der Waals surface area contributed by atoms with Crippen molar-refractivity contribution < 1.29 is 4.79 Å². The van der Waals surface area contributed by atoms with Crippen LogP contribution in [0.15, 0.2) is 64.4 Å². The molecule has 1 aliphatic rings. The number of carbonyl (C=O) groups excluding carboxylic acids is 1. The van der Waals surface area contributed by atoms with Gasteiger partial charge in [0.15, 0.2) is 5.82 Å². The number of aromatic nitrogens is 3. The van der Waals surface area contributed by atoms with Crippen molar-refractivity contribution in [3.63, 3.8) is 0 Å². The first-order valence-corrected chi connectivity index (χ1v) is 10.8. The van der Waals surface area contributed by atoms with Gasteiger partial charge in [0.25, 0.3) is 11.5 Å². The second-order valence-electron chi connectivity index (χ2n) is 6.92. The van der Waals surface area contributed by atoms with Crippen LogP contribution in [-0.2, 0) is 4.79 Å². The molecule has 148 valence electrons. The largest absolute Gasteiger partial charge is 0.304 e. The fourth-order valence-corrected chi connectivity index (χ4v) is 5.02. The lowest BCUT2D eigenvalue weighted by Crippen LogP contribution is -2.32. The summed E-state index contributed by atoms with van der Waals surface area (Å²) in [6, 6.07) is 13.4. The van der Waals surface area contributed by atoms with Gasteiger partial charge in [-0.3, -0.25) is 9.59 Å². The van der Waals surface area contributed by atoms with Crippen LogP contribution in [-0.4, -0.2) is 27.0 Å². The minimum atomic E-state index is -0.336. The average molecular weight is 479 g/mol. The molecule has 6 nitrogen and oxygen atoms in total. The Balaban J connectivity index is 1.76. The molecular formula is C22H15BrN4O2S. The lowest BCUT2D eigenvalue weighted by molar-refractivity contribution is -0.112. The highest BCUT2D eigenvalue weighted by atomic mass is 79.9. The molecule has 0 aliphatic carbocycles. The molecule has 0 bridgehead atoms. The Labute approximate surface area is 183 Å². The van der Waals surface area contributed by atoms with Crippen LogP contribution in [0.4, 0.5) is 5.69 Å². The normalized spacial score (nSPS) is 15.1. The van der Waals surface area contributed by atoms with E-state index in [1.54, 1.807) is 11.0 Å². The molecule has 4 aromatic rings. The van der Waals surface area contributed by atoms with Gasteiger partial charge in [0.1, 0.15) is 4.53 Å². The van der Waals surface area contributed by atoms with Crippen LogP contribution in [0.1, 0.15) is 11.1 Å². The molecule has 0 atom stereocenters. The van der Waals surface area contributed by atoms with Crippen LogP contribution < -0.4 is 15.0 Å². The zero-order valence-electron chi connectivity index (χ0n) is 15.9. The van der Waals surface area contributed by atoms with E-state index in [1.807, 2.05) is 49.4 Å². The molecule has 0 unspecified atom stereocenters. The number of hydrogen-bond acceptors (Lipinski definition) is 5. The Morgan fingerprint density at radius 3 is 2.70 bits per heavy atom. The molecule has 0 saturated heterocycles. The number of thiazole rings is 1. The highest BCUT2D eigenvalue weighted by Crippen LogP contribution is 2.37. The number of rotatable bonds is 3. The third-order valence-corrected chi connectivity index (χ3v) is 6.58. The minimum Gasteiger partial charge on any atom is -0.304 e. The number of halogens is 1. The van der Waals surface area contributed by atoms with Crippen molar-refractivity contribution in [3.8, 4) is 11.4 Å². The zero-order chi connectivity index (χ0) is 21.0. The highest BCUT2D eigenvalue weighted by Gasteiger charge is 2.34. The number of hydrogen-bond donors (Lipinski definition) is 0. The van der Waals surface area contributed by atoms with Gasteiger partial charge in [-0.15, -0.1) is 11.7 Å². The molecule has 2 aromatic carbocycles. The Hall–Kier alpha value is -3.10. The third-order valence-electron chi connectivity index (χ3n) is 5.06. The van der Waals surface area contributed by atoms with Gasteiger partial charge in [0.05, 0.1) is 11.3 Å². The predicted molar refractivity (Wildman–Crippen MR) is 122 cm³/mol. The molecule has 0 saturated carbocycles. The first-order chi connectivity index (χ1) is 14.5. The van der Waals surface area contributed by atoms with Gasteiger partial charge in [-0.2, -0.15) is 9.50 Å². The SMILES string of the molecule is C=CCN1C(=O)C(=c2sc3nc(-c4ccccc4C)nn3c2=O)c2cc(Br)ccc21. The smallest absolute Gasteiger partial charge is 0.291 e. The molecule has 2 aromatic heterocycles. The van der Waals surface area contributed by atoms with Crippen LogP contribution in [0.2, 0.25) is 0 Å². The van der Waals surface area contributed by atoms with Crippen LogP contribution in [0.5, 0.6) is 0 Å². The van der Waals surface area contributed by atoms with E-state index >= 15 is 0 Å². The predicted octanol–water partition coefficient (Wildman–Crippen LogP) is 3.34. The summed E-state index contributed by atoms with van der Waals surface area (Å²) < 4.78 is 2.47. The third kappa shape index (κ3) is 2.75. The average Bonchev–Trinajstić information content (AvgIpc) is 3.34. The van der Waals surface area contributed by atoms with Crippen molar-refractivity contribution in [1.82, 2.24) is 14.6 Å². The molecule has 0 fully saturated rings. The quantitative estimate of drug-likeness (QED) is 0.423. The summed E-state index contributed by atoms with van der Waals surface area (Å²) >= 11 is 4.65. The van der Waals surface area contributed by atoms with Crippen LogP contribution in [0, 0.1) is 6.92 Å². The number of aryl methyl sites for hydroxylation is 1. The molecule has 0 radical (unpaired) electrons. The van der Waals surface area contributed by atoms with E-state index in [-0.39, 0.29) is 11.5 Å². The van der Waals surface area contributed by atoms with Gasteiger partial charge < -0.3 is 4.90 Å². The first kappa shape index (κ1) is 18.9. The van der Waals surface area contributed by atoms with Crippen LogP contribution in [0.3, 0.4) is 0 Å². The summed E-state index contributed by atoms with van der Waals surface area (Å²) in [5.74, 6) is 0.283. The van der Waals surface area contributed by atoms with E-state index in [2.05, 4.69) is 32.6 Å². The minimum absolute atomic E-state index is 0.219. The van der Waals surface area contributed by atoms with Crippen molar-refractivity contribution in [1.29, 1.82) is 0 Å². The second kappa shape index (κ2) is 7.00. The van der Waals surface area contributed by atoms with Gasteiger partial charge in [0, 0.05) is 22.1 Å². The molecule has 3 heterocycles. The number of anilines is 1. The first-order valence-electron chi connectivity index (χ1n) is 9.22. The number of amides is 1. The maximum Gasteiger partial charge on any atom is 0.291 e. The molecular weight excluding hydrogens is 464 g/mol.